The summed E-state index contributed by atoms with van der Waals surface area (Å²) in [5.74, 6) is 1.77. The highest BCUT2D eigenvalue weighted by atomic mass is 35.5. The van der Waals surface area contributed by atoms with Gasteiger partial charge in [-0.1, -0.05) is 0 Å². The zero-order chi connectivity index (χ0) is 10.2. The van der Waals surface area contributed by atoms with Crippen LogP contribution in [0.25, 0.3) is 0 Å². The first-order valence-corrected chi connectivity index (χ1v) is 6.46. The van der Waals surface area contributed by atoms with Gasteiger partial charge in [-0.3, -0.25) is 4.79 Å². The number of hydrogen-bond donors (Lipinski definition) is 1. The molecule has 1 aliphatic heterocycles. The Labute approximate surface area is 93.9 Å². The average molecular weight is 238 g/mol. The van der Waals surface area contributed by atoms with Crippen molar-refractivity contribution in [3.63, 3.8) is 0 Å². The van der Waals surface area contributed by atoms with E-state index in [1.807, 2.05) is 0 Å². The van der Waals surface area contributed by atoms with E-state index in [-0.39, 0.29) is 11.2 Å². The minimum Gasteiger partial charge on any atom is -0.378 e. The first kappa shape index (κ1) is 12.1. The van der Waals surface area contributed by atoms with Gasteiger partial charge in [0.05, 0.1) is 18.5 Å². The summed E-state index contributed by atoms with van der Waals surface area (Å²) in [6.07, 6.45) is 2.17. The number of amides is 1. The van der Waals surface area contributed by atoms with Crippen molar-refractivity contribution in [2.24, 2.45) is 0 Å². The first-order chi connectivity index (χ1) is 6.84. The van der Waals surface area contributed by atoms with Crippen LogP contribution in [0.4, 0.5) is 0 Å². The zero-order valence-corrected chi connectivity index (χ0v) is 9.70. The van der Waals surface area contributed by atoms with E-state index in [0.29, 0.717) is 25.6 Å². The van der Waals surface area contributed by atoms with Crippen molar-refractivity contribution in [2.45, 2.75) is 18.1 Å². The maximum atomic E-state index is 11.5. The molecule has 0 aromatic heterocycles. The minimum atomic E-state index is 0.155. The van der Waals surface area contributed by atoms with E-state index in [0.717, 1.165) is 18.6 Å². The van der Waals surface area contributed by atoms with Crippen LogP contribution in [0.3, 0.4) is 0 Å². The molecule has 14 heavy (non-hydrogen) atoms. The lowest BCUT2D eigenvalue weighted by molar-refractivity contribution is -0.120. The highest BCUT2D eigenvalue weighted by Gasteiger charge is 2.22. The average Bonchev–Trinajstić information content (AvgIpc) is 2.70. The molecule has 1 N–H and O–H groups in total. The van der Waals surface area contributed by atoms with Crippen molar-refractivity contribution in [2.75, 3.05) is 31.4 Å². The van der Waals surface area contributed by atoms with Gasteiger partial charge in [-0.15, -0.1) is 23.4 Å². The molecule has 1 aliphatic rings. The van der Waals surface area contributed by atoms with E-state index in [1.165, 1.54) is 0 Å². The molecule has 0 aromatic rings. The second kappa shape index (κ2) is 7.37. The summed E-state index contributed by atoms with van der Waals surface area (Å²) < 4.78 is 5.14. The Kier molecular flexibility index (Phi) is 6.39. The van der Waals surface area contributed by atoms with Crippen LogP contribution in [0.2, 0.25) is 0 Å². The van der Waals surface area contributed by atoms with Crippen molar-refractivity contribution >= 4 is 29.3 Å². The first-order valence-electron chi connectivity index (χ1n) is 4.87. The largest absolute Gasteiger partial charge is 0.378 e. The van der Waals surface area contributed by atoms with Gasteiger partial charge in [0.1, 0.15) is 0 Å². The molecule has 0 aliphatic carbocycles. The maximum absolute atomic E-state index is 11.5. The van der Waals surface area contributed by atoms with E-state index in [4.69, 9.17) is 16.3 Å². The fourth-order valence-corrected chi connectivity index (χ4v) is 2.60. The van der Waals surface area contributed by atoms with Gasteiger partial charge in [0.25, 0.3) is 0 Å². The number of ether oxygens (including phenoxy) is 1. The normalized spacial score (nSPS) is 21.1. The molecule has 0 bridgehead atoms. The quantitative estimate of drug-likeness (QED) is 0.558. The number of rotatable bonds is 6. The lowest BCUT2D eigenvalue weighted by atomic mass is 10.2. The molecule has 82 valence electrons. The molecular formula is C9H16ClNO2S. The van der Waals surface area contributed by atoms with Crippen LogP contribution in [-0.4, -0.2) is 42.5 Å². The fourth-order valence-electron chi connectivity index (χ4n) is 1.30. The van der Waals surface area contributed by atoms with Crippen LogP contribution in [0.15, 0.2) is 0 Å². The Bertz CT molecular complexity index is 174. The molecule has 1 amide bonds. The van der Waals surface area contributed by atoms with Gasteiger partial charge < -0.3 is 10.1 Å². The Balaban J connectivity index is 1.97. The summed E-state index contributed by atoms with van der Waals surface area (Å²) in [4.78, 5) is 11.5. The summed E-state index contributed by atoms with van der Waals surface area (Å²) >= 11 is 7.18. The molecule has 3 nitrogen and oxygen atoms in total. The van der Waals surface area contributed by atoms with E-state index < -0.39 is 0 Å². The smallest absolute Gasteiger partial charge is 0.233 e. The summed E-state index contributed by atoms with van der Waals surface area (Å²) in [5, 5.41) is 3.03. The highest BCUT2D eigenvalue weighted by Crippen LogP contribution is 2.25. The molecule has 1 unspecified atom stereocenters. The molecule has 5 heteroatoms. The number of carbonyl (C=O) groups is 1. The van der Waals surface area contributed by atoms with E-state index >= 15 is 0 Å². The third-order valence-corrected chi connectivity index (χ3v) is 3.52. The molecule has 0 spiro atoms. The van der Waals surface area contributed by atoms with Gasteiger partial charge in [-0.05, 0) is 18.6 Å². The Morgan fingerprint density at radius 1 is 1.57 bits per heavy atom. The Morgan fingerprint density at radius 2 is 2.43 bits per heavy atom. The number of hydrogen-bond acceptors (Lipinski definition) is 3. The van der Waals surface area contributed by atoms with Gasteiger partial charge in [0.2, 0.25) is 5.91 Å². The molecule has 0 radical (unpaired) electrons. The second-order valence-corrected chi connectivity index (χ2v) is 4.78. The predicted molar refractivity (Wildman–Crippen MR) is 60.0 cm³/mol. The molecule has 1 heterocycles. The van der Waals surface area contributed by atoms with Crippen LogP contribution in [0, 0.1) is 0 Å². The SMILES string of the molecule is O=C(NCCOCCCl)C1CCCS1. The molecule has 1 atom stereocenters. The highest BCUT2D eigenvalue weighted by molar-refractivity contribution is 8.00. The van der Waals surface area contributed by atoms with Gasteiger partial charge >= 0.3 is 0 Å². The second-order valence-electron chi connectivity index (χ2n) is 3.09. The van der Waals surface area contributed by atoms with Crippen LogP contribution >= 0.6 is 23.4 Å². The summed E-state index contributed by atoms with van der Waals surface area (Å²) in [5.41, 5.74) is 0. The van der Waals surface area contributed by atoms with Crippen molar-refractivity contribution in [3.8, 4) is 0 Å². The monoisotopic (exact) mass is 237 g/mol. The maximum Gasteiger partial charge on any atom is 0.233 e. The predicted octanol–water partition coefficient (Wildman–Crippen LogP) is 1.25. The topological polar surface area (TPSA) is 38.3 Å². The van der Waals surface area contributed by atoms with E-state index in [2.05, 4.69) is 5.32 Å². The lowest BCUT2D eigenvalue weighted by Crippen LogP contribution is -2.33. The molecule has 1 fully saturated rings. The van der Waals surface area contributed by atoms with Crippen LogP contribution in [-0.2, 0) is 9.53 Å². The number of alkyl halides is 1. The number of carbonyl (C=O) groups excluding carboxylic acids is 1. The number of halogens is 1. The van der Waals surface area contributed by atoms with Crippen molar-refractivity contribution in [1.29, 1.82) is 0 Å². The molecule has 0 aromatic carbocycles. The van der Waals surface area contributed by atoms with Crippen LogP contribution in [0.1, 0.15) is 12.8 Å². The molecular weight excluding hydrogens is 222 g/mol. The van der Waals surface area contributed by atoms with Gasteiger partial charge in [0.15, 0.2) is 0 Å². The van der Waals surface area contributed by atoms with Crippen molar-refractivity contribution < 1.29 is 9.53 Å². The van der Waals surface area contributed by atoms with Gasteiger partial charge in [-0.2, -0.15) is 0 Å². The van der Waals surface area contributed by atoms with Gasteiger partial charge in [0, 0.05) is 12.4 Å². The zero-order valence-electron chi connectivity index (χ0n) is 8.13. The van der Waals surface area contributed by atoms with Crippen LogP contribution < -0.4 is 5.32 Å². The Morgan fingerprint density at radius 3 is 3.07 bits per heavy atom. The van der Waals surface area contributed by atoms with E-state index in [9.17, 15) is 4.79 Å². The molecule has 0 saturated carbocycles. The minimum absolute atomic E-state index is 0.155. The summed E-state index contributed by atoms with van der Waals surface area (Å²) in [7, 11) is 0. The number of thioether (sulfide) groups is 1. The lowest BCUT2D eigenvalue weighted by Gasteiger charge is -2.09. The van der Waals surface area contributed by atoms with Crippen LogP contribution in [0.5, 0.6) is 0 Å². The Hall–Kier alpha value is 0.0700. The summed E-state index contributed by atoms with van der Waals surface area (Å²) in [6, 6.07) is 0. The third kappa shape index (κ3) is 4.53. The van der Waals surface area contributed by atoms with Gasteiger partial charge in [-0.25, -0.2) is 0 Å². The van der Waals surface area contributed by atoms with Crippen molar-refractivity contribution in [1.82, 2.24) is 5.32 Å². The van der Waals surface area contributed by atoms with E-state index in [1.54, 1.807) is 11.8 Å². The standard InChI is InChI=1S/C9H16ClNO2S/c10-3-5-13-6-4-11-9(12)8-2-1-7-14-8/h8H,1-7H2,(H,11,12). The third-order valence-electron chi connectivity index (χ3n) is 1.99. The molecule has 1 saturated heterocycles. The summed E-state index contributed by atoms with van der Waals surface area (Å²) in [6.45, 7) is 1.69. The van der Waals surface area contributed by atoms with Crippen molar-refractivity contribution in [3.05, 3.63) is 0 Å². The molecule has 1 rings (SSSR count). The fraction of sp³-hybridized carbons (Fsp3) is 0.889. The number of nitrogens with one attached hydrogen (secondary N) is 1.